The number of esters is 1. The second kappa shape index (κ2) is 5.68. The minimum absolute atomic E-state index is 0.00244. The van der Waals surface area contributed by atoms with E-state index in [4.69, 9.17) is 4.74 Å². The highest BCUT2D eigenvalue weighted by atomic mass is 16.5. The number of carbonyl (C=O) groups excluding carboxylic acids is 3. The summed E-state index contributed by atoms with van der Waals surface area (Å²) in [6.45, 7) is 0.721. The van der Waals surface area contributed by atoms with Gasteiger partial charge in [0.2, 0.25) is 5.91 Å². The van der Waals surface area contributed by atoms with E-state index in [0.29, 0.717) is 24.8 Å². The molecule has 1 saturated carbocycles. The van der Waals surface area contributed by atoms with E-state index >= 15 is 0 Å². The molecule has 0 spiro atoms. The molecule has 0 unspecified atom stereocenters. The van der Waals surface area contributed by atoms with Crippen molar-refractivity contribution in [2.45, 2.75) is 38.2 Å². The van der Waals surface area contributed by atoms with Crippen LogP contribution in [-0.2, 0) is 14.3 Å². The molecule has 2 fully saturated rings. The van der Waals surface area contributed by atoms with Crippen molar-refractivity contribution in [3.63, 3.8) is 0 Å². The molecular formula is C16H17NO4. The second-order valence-electron chi connectivity index (χ2n) is 5.45. The third kappa shape index (κ3) is 2.82. The first-order valence-corrected chi connectivity index (χ1v) is 7.29. The quantitative estimate of drug-likeness (QED) is 0.799. The van der Waals surface area contributed by atoms with Crippen molar-refractivity contribution < 1.29 is 19.1 Å². The summed E-state index contributed by atoms with van der Waals surface area (Å²) in [6, 6.07) is 6.78. The van der Waals surface area contributed by atoms with Crippen LogP contribution in [0.4, 0.5) is 5.69 Å². The van der Waals surface area contributed by atoms with Crippen LogP contribution < -0.4 is 4.90 Å². The van der Waals surface area contributed by atoms with Gasteiger partial charge in [-0.05, 0) is 43.5 Å². The van der Waals surface area contributed by atoms with Gasteiger partial charge in [-0.1, -0.05) is 0 Å². The fourth-order valence-electron chi connectivity index (χ4n) is 2.80. The number of anilines is 1. The van der Waals surface area contributed by atoms with E-state index in [9.17, 15) is 14.4 Å². The molecule has 1 saturated heterocycles. The van der Waals surface area contributed by atoms with Crippen molar-refractivity contribution in [2.75, 3.05) is 11.4 Å². The molecule has 1 aromatic rings. The van der Waals surface area contributed by atoms with E-state index in [1.165, 1.54) is 0 Å². The lowest BCUT2D eigenvalue weighted by atomic mass is 10.2. The Balaban J connectivity index is 1.67. The molecule has 0 bridgehead atoms. The van der Waals surface area contributed by atoms with Crippen LogP contribution in [0.15, 0.2) is 24.3 Å². The van der Waals surface area contributed by atoms with Crippen LogP contribution in [0.25, 0.3) is 0 Å². The fraction of sp³-hybridized carbons (Fsp3) is 0.438. The number of ketones is 1. The number of benzene rings is 1. The van der Waals surface area contributed by atoms with E-state index in [1.807, 2.05) is 0 Å². The van der Waals surface area contributed by atoms with Gasteiger partial charge in [-0.25, -0.2) is 4.79 Å². The van der Waals surface area contributed by atoms with E-state index in [0.717, 1.165) is 25.1 Å². The Labute approximate surface area is 122 Å². The number of rotatable bonds is 3. The highest BCUT2D eigenvalue weighted by Crippen LogP contribution is 2.23. The lowest BCUT2D eigenvalue weighted by molar-refractivity contribution is -0.124. The van der Waals surface area contributed by atoms with Gasteiger partial charge in [0.25, 0.3) is 0 Å². The SMILES string of the molecule is O=C(O[C@@H]1CCCC1=O)c1ccc(N2CCCC2=O)cc1. The third-order valence-corrected chi connectivity index (χ3v) is 3.99. The summed E-state index contributed by atoms with van der Waals surface area (Å²) in [6.07, 6.45) is 2.75. The summed E-state index contributed by atoms with van der Waals surface area (Å²) in [5, 5.41) is 0. The van der Waals surface area contributed by atoms with Crippen molar-refractivity contribution in [1.29, 1.82) is 0 Å². The van der Waals surface area contributed by atoms with Crippen LogP contribution in [-0.4, -0.2) is 30.3 Å². The molecule has 3 rings (SSSR count). The predicted molar refractivity (Wildman–Crippen MR) is 76.1 cm³/mol. The number of Topliss-reactive ketones (excluding diaryl/α,β-unsaturated/α-hetero) is 1. The summed E-state index contributed by atoms with van der Waals surface area (Å²) in [7, 11) is 0. The number of nitrogens with zero attached hydrogens (tertiary/aromatic N) is 1. The first-order valence-electron chi connectivity index (χ1n) is 7.29. The molecule has 1 amide bonds. The zero-order chi connectivity index (χ0) is 14.8. The molecule has 1 atom stereocenters. The number of hydrogen-bond donors (Lipinski definition) is 0. The molecule has 1 heterocycles. The Bertz CT molecular complexity index is 578. The van der Waals surface area contributed by atoms with Gasteiger partial charge in [0, 0.05) is 25.1 Å². The minimum atomic E-state index is -0.586. The summed E-state index contributed by atoms with van der Waals surface area (Å²) in [5.74, 6) is -0.362. The smallest absolute Gasteiger partial charge is 0.338 e. The maximum absolute atomic E-state index is 12.0. The minimum Gasteiger partial charge on any atom is -0.451 e. The molecule has 0 N–H and O–H groups in total. The third-order valence-electron chi connectivity index (χ3n) is 3.99. The van der Waals surface area contributed by atoms with Gasteiger partial charge in [0.1, 0.15) is 0 Å². The number of hydrogen-bond acceptors (Lipinski definition) is 4. The van der Waals surface area contributed by atoms with Crippen molar-refractivity contribution in [3.8, 4) is 0 Å². The molecule has 2 aliphatic rings. The van der Waals surface area contributed by atoms with Crippen LogP contribution in [0.1, 0.15) is 42.5 Å². The van der Waals surface area contributed by atoms with Crippen LogP contribution in [0.3, 0.4) is 0 Å². The average molecular weight is 287 g/mol. The molecule has 0 radical (unpaired) electrons. The number of ether oxygens (including phenoxy) is 1. The molecule has 0 aromatic heterocycles. The zero-order valence-electron chi connectivity index (χ0n) is 11.7. The Morgan fingerprint density at radius 3 is 2.43 bits per heavy atom. The summed E-state index contributed by atoms with van der Waals surface area (Å²) < 4.78 is 5.23. The first-order chi connectivity index (χ1) is 10.1. The van der Waals surface area contributed by atoms with Crippen LogP contribution in [0, 0.1) is 0 Å². The Morgan fingerprint density at radius 2 is 1.86 bits per heavy atom. The summed E-state index contributed by atoms with van der Waals surface area (Å²) >= 11 is 0. The van der Waals surface area contributed by atoms with Crippen molar-refractivity contribution >= 4 is 23.3 Å². The molecule has 5 nitrogen and oxygen atoms in total. The average Bonchev–Trinajstić information content (AvgIpc) is 3.08. The molecule has 1 aliphatic heterocycles. The maximum Gasteiger partial charge on any atom is 0.338 e. The summed E-state index contributed by atoms with van der Waals surface area (Å²) in [5.41, 5.74) is 1.20. The fourth-order valence-corrected chi connectivity index (χ4v) is 2.80. The van der Waals surface area contributed by atoms with Crippen LogP contribution >= 0.6 is 0 Å². The van der Waals surface area contributed by atoms with Crippen molar-refractivity contribution in [1.82, 2.24) is 0 Å². The molecule has 110 valence electrons. The lowest BCUT2D eigenvalue weighted by Gasteiger charge is -2.16. The van der Waals surface area contributed by atoms with Gasteiger partial charge in [-0.15, -0.1) is 0 Å². The first kappa shape index (κ1) is 13.8. The Morgan fingerprint density at radius 1 is 1.10 bits per heavy atom. The van der Waals surface area contributed by atoms with E-state index in [-0.39, 0.29) is 11.7 Å². The van der Waals surface area contributed by atoms with Gasteiger partial charge in [-0.2, -0.15) is 0 Å². The highest BCUT2D eigenvalue weighted by Gasteiger charge is 2.28. The van der Waals surface area contributed by atoms with Gasteiger partial charge < -0.3 is 9.64 Å². The van der Waals surface area contributed by atoms with E-state index in [1.54, 1.807) is 29.2 Å². The highest BCUT2D eigenvalue weighted by molar-refractivity contribution is 5.97. The number of amides is 1. The molecule has 1 aromatic carbocycles. The van der Waals surface area contributed by atoms with E-state index < -0.39 is 12.1 Å². The molecule has 21 heavy (non-hydrogen) atoms. The standard InChI is InChI=1S/C16H17NO4/c18-13-3-1-4-14(13)21-16(20)11-6-8-12(9-7-11)17-10-2-5-15(17)19/h6-9,14H,1-5,10H2/t14-/m1/s1. The van der Waals surface area contributed by atoms with Gasteiger partial charge in [0.15, 0.2) is 11.9 Å². The topological polar surface area (TPSA) is 63.7 Å². The Kier molecular flexibility index (Phi) is 3.73. The molecule has 5 heteroatoms. The van der Waals surface area contributed by atoms with Crippen LogP contribution in [0.5, 0.6) is 0 Å². The van der Waals surface area contributed by atoms with Crippen molar-refractivity contribution in [3.05, 3.63) is 29.8 Å². The maximum atomic E-state index is 12.0. The van der Waals surface area contributed by atoms with E-state index in [2.05, 4.69) is 0 Å². The van der Waals surface area contributed by atoms with Crippen LogP contribution in [0.2, 0.25) is 0 Å². The largest absolute Gasteiger partial charge is 0.451 e. The summed E-state index contributed by atoms with van der Waals surface area (Å²) in [4.78, 5) is 36.8. The zero-order valence-corrected chi connectivity index (χ0v) is 11.7. The Hall–Kier alpha value is -2.17. The molecule has 1 aliphatic carbocycles. The molecular weight excluding hydrogens is 270 g/mol. The normalized spacial score (nSPS) is 21.9. The van der Waals surface area contributed by atoms with Gasteiger partial charge >= 0.3 is 5.97 Å². The second-order valence-corrected chi connectivity index (χ2v) is 5.45. The monoisotopic (exact) mass is 287 g/mol. The lowest BCUT2D eigenvalue weighted by Crippen LogP contribution is -2.24. The predicted octanol–water partition coefficient (Wildman–Crippen LogP) is 2.09. The number of carbonyl (C=O) groups is 3. The van der Waals surface area contributed by atoms with Crippen molar-refractivity contribution in [2.24, 2.45) is 0 Å². The van der Waals surface area contributed by atoms with Gasteiger partial charge in [0.05, 0.1) is 5.56 Å². The van der Waals surface area contributed by atoms with Gasteiger partial charge in [-0.3, -0.25) is 9.59 Å².